The molecule has 0 unspecified atom stereocenters. The van der Waals surface area contributed by atoms with Gasteiger partial charge in [0.15, 0.2) is 0 Å². The quantitative estimate of drug-likeness (QED) is 0.480. The van der Waals surface area contributed by atoms with Crippen LogP contribution in [0.3, 0.4) is 0 Å². The molecule has 0 bridgehead atoms. The molecule has 1 aromatic carbocycles. The Morgan fingerprint density at radius 2 is 1.19 bits per heavy atom. The molecule has 0 amide bonds. The van der Waals surface area contributed by atoms with E-state index in [0.717, 1.165) is 26.0 Å². The van der Waals surface area contributed by atoms with Crippen molar-refractivity contribution in [3.8, 4) is 0 Å². The summed E-state index contributed by atoms with van der Waals surface area (Å²) in [7, 11) is 0. The molecule has 27 heavy (non-hydrogen) atoms. The first-order valence-electron chi connectivity index (χ1n) is 8.44. The monoisotopic (exact) mass is 384 g/mol. The number of carbonyl (C=O) groups is 4. The van der Waals surface area contributed by atoms with E-state index in [0.29, 0.717) is 6.07 Å². The van der Waals surface area contributed by atoms with Crippen LogP contribution in [-0.2, 0) is 28.7 Å². The first kappa shape index (κ1) is 22.4. The average molecular weight is 384 g/mol. The summed E-state index contributed by atoms with van der Waals surface area (Å²) in [6, 6.07) is 2.34. The molecule has 0 radical (unpaired) electrons. The Balaban J connectivity index is 3.67. The number of ketones is 2. The van der Waals surface area contributed by atoms with Crippen molar-refractivity contribution in [1.29, 1.82) is 0 Å². The number of rotatable bonds is 9. The van der Waals surface area contributed by atoms with Gasteiger partial charge in [-0.25, -0.2) is 8.78 Å². The van der Waals surface area contributed by atoms with Crippen LogP contribution in [-0.4, -0.2) is 36.7 Å². The SMILES string of the molecule is CCOC(=O)[C@@H](C(C)=O)C(c1cc(F)cc(F)c1)[C@H](C(C)=O)C(=O)OCC. The Kier molecular flexibility index (Phi) is 8.21. The molecule has 0 saturated carbocycles. The molecule has 0 N–H and O–H groups in total. The smallest absolute Gasteiger partial charge is 0.317 e. The number of Topliss-reactive ketones (excluding diaryl/α,β-unsaturated/α-hetero) is 2. The lowest BCUT2D eigenvalue weighted by Crippen LogP contribution is -2.40. The number of benzene rings is 1. The second-order valence-electron chi connectivity index (χ2n) is 5.91. The Labute approximate surface area is 155 Å². The van der Waals surface area contributed by atoms with E-state index in [9.17, 15) is 28.0 Å². The highest BCUT2D eigenvalue weighted by atomic mass is 19.1. The predicted molar refractivity (Wildman–Crippen MR) is 90.7 cm³/mol. The number of esters is 2. The maximum absolute atomic E-state index is 13.8. The van der Waals surface area contributed by atoms with E-state index in [1.807, 2.05) is 0 Å². The highest BCUT2D eigenvalue weighted by Gasteiger charge is 2.45. The van der Waals surface area contributed by atoms with Crippen LogP contribution in [0.4, 0.5) is 8.78 Å². The van der Waals surface area contributed by atoms with Crippen molar-refractivity contribution in [2.24, 2.45) is 11.8 Å². The molecule has 1 rings (SSSR count). The molecule has 2 atom stereocenters. The maximum Gasteiger partial charge on any atom is 0.317 e. The van der Waals surface area contributed by atoms with Crippen LogP contribution in [0.25, 0.3) is 0 Å². The second kappa shape index (κ2) is 9.89. The van der Waals surface area contributed by atoms with Crippen molar-refractivity contribution in [3.05, 3.63) is 35.4 Å². The van der Waals surface area contributed by atoms with E-state index in [4.69, 9.17) is 9.47 Å². The van der Waals surface area contributed by atoms with Crippen molar-refractivity contribution >= 4 is 23.5 Å². The highest BCUT2D eigenvalue weighted by molar-refractivity contribution is 6.04. The van der Waals surface area contributed by atoms with Crippen molar-refractivity contribution in [3.63, 3.8) is 0 Å². The third kappa shape index (κ3) is 5.67. The fourth-order valence-electron chi connectivity index (χ4n) is 2.94. The van der Waals surface area contributed by atoms with Crippen LogP contribution in [0.1, 0.15) is 39.2 Å². The van der Waals surface area contributed by atoms with E-state index >= 15 is 0 Å². The molecular formula is C19H22F2O6. The lowest BCUT2D eigenvalue weighted by molar-refractivity contribution is -0.157. The van der Waals surface area contributed by atoms with Crippen molar-refractivity contribution in [2.45, 2.75) is 33.6 Å². The zero-order valence-electron chi connectivity index (χ0n) is 15.6. The molecule has 0 heterocycles. The molecule has 0 aliphatic heterocycles. The zero-order chi connectivity index (χ0) is 20.7. The number of hydrogen-bond acceptors (Lipinski definition) is 6. The number of carbonyl (C=O) groups excluding carboxylic acids is 4. The van der Waals surface area contributed by atoms with Crippen LogP contribution in [0.2, 0.25) is 0 Å². The summed E-state index contributed by atoms with van der Waals surface area (Å²) in [4.78, 5) is 49.2. The van der Waals surface area contributed by atoms with Crippen molar-refractivity contribution in [1.82, 2.24) is 0 Å². The molecule has 1 aromatic rings. The van der Waals surface area contributed by atoms with Gasteiger partial charge in [-0.3, -0.25) is 19.2 Å². The molecule has 0 aliphatic rings. The van der Waals surface area contributed by atoms with E-state index in [2.05, 4.69) is 0 Å². The van der Waals surface area contributed by atoms with Crippen LogP contribution in [0.15, 0.2) is 18.2 Å². The Morgan fingerprint density at radius 1 is 0.815 bits per heavy atom. The number of ether oxygens (including phenoxy) is 2. The maximum atomic E-state index is 13.8. The normalized spacial score (nSPS) is 13.0. The van der Waals surface area contributed by atoms with Gasteiger partial charge in [0.1, 0.15) is 35.0 Å². The topological polar surface area (TPSA) is 86.7 Å². The largest absolute Gasteiger partial charge is 0.465 e. The zero-order valence-corrected chi connectivity index (χ0v) is 15.6. The van der Waals surface area contributed by atoms with Gasteiger partial charge in [0, 0.05) is 12.0 Å². The fourth-order valence-corrected chi connectivity index (χ4v) is 2.94. The van der Waals surface area contributed by atoms with Crippen LogP contribution >= 0.6 is 0 Å². The van der Waals surface area contributed by atoms with E-state index in [1.54, 1.807) is 0 Å². The Hall–Kier alpha value is -2.64. The molecule has 0 aromatic heterocycles. The van der Waals surface area contributed by atoms with Gasteiger partial charge in [-0.2, -0.15) is 0 Å². The lowest BCUT2D eigenvalue weighted by atomic mass is 9.73. The summed E-state index contributed by atoms with van der Waals surface area (Å²) in [5.74, 6) is -10.0. The number of hydrogen-bond donors (Lipinski definition) is 0. The van der Waals surface area contributed by atoms with Gasteiger partial charge in [0.2, 0.25) is 0 Å². The third-order valence-electron chi connectivity index (χ3n) is 3.95. The van der Waals surface area contributed by atoms with E-state index in [1.165, 1.54) is 13.8 Å². The molecule has 148 valence electrons. The van der Waals surface area contributed by atoms with Gasteiger partial charge < -0.3 is 9.47 Å². The van der Waals surface area contributed by atoms with Gasteiger partial charge >= 0.3 is 11.9 Å². The summed E-state index contributed by atoms with van der Waals surface area (Å²) in [5, 5.41) is 0. The Bertz CT molecular complexity index is 675. The molecule has 8 heteroatoms. The van der Waals surface area contributed by atoms with Crippen LogP contribution in [0.5, 0.6) is 0 Å². The average Bonchev–Trinajstić information content (AvgIpc) is 2.53. The third-order valence-corrected chi connectivity index (χ3v) is 3.95. The standard InChI is InChI=1S/C19H22F2O6/c1-5-26-18(24)15(10(3)22)17(12-7-13(20)9-14(21)8-12)16(11(4)23)19(25)27-6-2/h7-9,15-17H,5-6H2,1-4H3/t15-,16-/m0/s1. The second-order valence-corrected chi connectivity index (χ2v) is 5.91. The predicted octanol–water partition coefficient (Wildman–Crippen LogP) is 2.59. The van der Waals surface area contributed by atoms with Gasteiger partial charge in [-0.15, -0.1) is 0 Å². The van der Waals surface area contributed by atoms with Crippen molar-refractivity contribution in [2.75, 3.05) is 13.2 Å². The molecule has 0 spiro atoms. The molecule has 0 aliphatic carbocycles. The number of halogens is 2. The first-order chi connectivity index (χ1) is 12.6. The van der Waals surface area contributed by atoms with Gasteiger partial charge in [0.05, 0.1) is 13.2 Å². The van der Waals surface area contributed by atoms with E-state index < -0.39 is 52.9 Å². The summed E-state index contributed by atoms with van der Waals surface area (Å²) >= 11 is 0. The molecule has 0 fully saturated rings. The minimum Gasteiger partial charge on any atom is -0.465 e. The molecule has 6 nitrogen and oxygen atoms in total. The Morgan fingerprint density at radius 3 is 1.48 bits per heavy atom. The molecule has 0 saturated heterocycles. The van der Waals surface area contributed by atoms with Gasteiger partial charge in [-0.1, -0.05) is 0 Å². The minimum absolute atomic E-state index is 0.0585. The summed E-state index contributed by atoms with van der Waals surface area (Å²) in [6.07, 6.45) is 0. The summed E-state index contributed by atoms with van der Waals surface area (Å²) in [6.45, 7) is 5.06. The van der Waals surface area contributed by atoms with Crippen LogP contribution in [0, 0.1) is 23.5 Å². The van der Waals surface area contributed by atoms with E-state index in [-0.39, 0.29) is 18.8 Å². The molecular weight excluding hydrogens is 362 g/mol. The lowest BCUT2D eigenvalue weighted by Gasteiger charge is -2.29. The highest BCUT2D eigenvalue weighted by Crippen LogP contribution is 2.36. The summed E-state index contributed by atoms with van der Waals surface area (Å²) in [5.41, 5.74) is -0.186. The van der Waals surface area contributed by atoms with Gasteiger partial charge in [-0.05, 0) is 45.4 Å². The van der Waals surface area contributed by atoms with Crippen molar-refractivity contribution < 1.29 is 37.4 Å². The summed E-state index contributed by atoms with van der Waals surface area (Å²) < 4.78 is 37.3. The minimum atomic E-state index is -1.61. The van der Waals surface area contributed by atoms with Crippen LogP contribution < -0.4 is 0 Å². The fraction of sp³-hybridized carbons (Fsp3) is 0.474. The van der Waals surface area contributed by atoms with Gasteiger partial charge in [0.25, 0.3) is 0 Å². The first-order valence-corrected chi connectivity index (χ1v) is 8.44.